The Balaban J connectivity index is 3.19. The first-order valence-electron chi connectivity index (χ1n) is 6.37. The Morgan fingerprint density at radius 2 is 1.89 bits per heavy atom. The summed E-state index contributed by atoms with van der Waals surface area (Å²) in [7, 11) is 0. The van der Waals surface area contributed by atoms with Crippen LogP contribution in [0.1, 0.15) is 37.1 Å². The molecule has 0 atom stereocenters. The smallest absolute Gasteiger partial charge is 0.169 e. The van der Waals surface area contributed by atoms with E-state index in [0.717, 1.165) is 17.8 Å². The van der Waals surface area contributed by atoms with Crippen molar-refractivity contribution in [2.45, 2.75) is 34.1 Å². The molecule has 0 bridgehead atoms. The quantitative estimate of drug-likeness (QED) is 0.809. The summed E-state index contributed by atoms with van der Waals surface area (Å²) in [6, 6.07) is 4.34. The number of nitrogens with zero attached hydrogens (tertiary/aromatic N) is 5. The summed E-state index contributed by atoms with van der Waals surface area (Å²) < 4.78 is 0. The van der Waals surface area contributed by atoms with E-state index in [2.05, 4.69) is 36.2 Å². The van der Waals surface area contributed by atoms with E-state index in [-0.39, 0.29) is 0 Å². The van der Waals surface area contributed by atoms with E-state index in [1.165, 1.54) is 0 Å². The van der Waals surface area contributed by atoms with Crippen LogP contribution in [0.3, 0.4) is 0 Å². The van der Waals surface area contributed by atoms with Crippen molar-refractivity contribution in [1.29, 1.82) is 10.5 Å². The first kappa shape index (κ1) is 14.9. The highest BCUT2D eigenvalue weighted by Gasteiger charge is 2.17. The average molecular weight is 257 g/mol. The normalized spacial score (nSPS) is 10.1. The molecule has 0 fully saturated rings. The summed E-state index contributed by atoms with van der Waals surface area (Å²) in [6.45, 7) is 9.24. The van der Waals surface area contributed by atoms with Gasteiger partial charge in [0.2, 0.25) is 0 Å². The van der Waals surface area contributed by atoms with E-state index in [1.54, 1.807) is 0 Å². The van der Waals surface area contributed by atoms with Gasteiger partial charge in [0, 0.05) is 13.1 Å². The van der Waals surface area contributed by atoms with Crippen LogP contribution < -0.4 is 4.90 Å². The van der Waals surface area contributed by atoms with Crippen LogP contribution in [-0.4, -0.2) is 23.3 Å². The lowest BCUT2D eigenvalue weighted by molar-refractivity contribution is 0.604. The first-order chi connectivity index (χ1) is 9.01. The van der Waals surface area contributed by atoms with Gasteiger partial charge in [-0.05, 0) is 25.3 Å². The monoisotopic (exact) mass is 257 g/mol. The number of rotatable bonds is 5. The highest BCUT2D eigenvalue weighted by Crippen LogP contribution is 2.22. The first-order valence-corrected chi connectivity index (χ1v) is 6.37. The van der Waals surface area contributed by atoms with E-state index >= 15 is 0 Å². The molecule has 0 saturated heterocycles. The summed E-state index contributed by atoms with van der Waals surface area (Å²) in [4.78, 5) is 1.98. The molecule has 100 valence electrons. The second kappa shape index (κ2) is 6.70. The number of hydrogen-bond donors (Lipinski definition) is 0. The zero-order valence-electron chi connectivity index (χ0n) is 11.9. The molecule has 0 aliphatic carbocycles. The van der Waals surface area contributed by atoms with Crippen molar-refractivity contribution in [2.75, 3.05) is 18.0 Å². The molecule has 1 rings (SSSR count). The largest absolute Gasteiger partial charge is 0.353 e. The molecule has 0 unspecified atom stereocenters. The minimum absolute atomic E-state index is 0.409. The average Bonchev–Trinajstić information content (AvgIpc) is 2.37. The van der Waals surface area contributed by atoms with Crippen LogP contribution in [0.5, 0.6) is 0 Å². The van der Waals surface area contributed by atoms with Crippen LogP contribution in [0.25, 0.3) is 0 Å². The molecule has 1 heterocycles. The molecule has 0 radical (unpaired) electrons. The molecule has 0 spiro atoms. The molecule has 0 amide bonds. The summed E-state index contributed by atoms with van der Waals surface area (Å²) in [6.07, 6.45) is 0.409. The molecule has 5 heteroatoms. The minimum atomic E-state index is 0.409. The van der Waals surface area contributed by atoms with Crippen molar-refractivity contribution < 1.29 is 0 Å². The molecule has 0 aromatic carbocycles. The van der Waals surface area contributed by atoms with Crippen LogP contribution in [0, 0.1) is 42.4 Å². The van der Waals surface area contributed by atoms with Gasteiger partial charge in [-0.15, -0.1) is 5.10 Å². The minimum Gasteiger partial charge on any atom is -0.353 e. The second-order valence-electron chi connectivity index (χ2n) is 4.97. The van der Waals surface area contributed by atoms with Gasteiger partial charge in [-0.3, -0.25) is 0 Å². The fourth-order valence-corrected chi connectivity index (χ4v) is 1.86. The van der Waals surface area contributed by atoms with Crippen LogP contribution in [0.15, 0.2) is 0 Å². The maximum absolute atomic E-state index is 9.32. The summed E-state index contributed by atoms with van der Waals surface area (Å²) in [5.74, 6) is 1.02. The number of nitriles is 2. The molecule has 0 saturated carbocycles. The van der Waals surface area contributed by atoms with Crippen molar-refractivity contribution in [3.8, 4) is 12.1 Å². The fraction of sp³-hybridized carbons (Fsp3) is 0.571. The molecule has 0 aliphatic rings. The topological polar surface area (TPSA) is 76.6 Å². The molecular formula is C14H19N5. The Bertz CT molecular complexity index is 522. The third kappa shape index (κ3) is 3.66. The van der Waals surface area contributed by atoms with Gasteiger partial charge in [0.05, 0.1) is 18.2 Å². The third-order valence-electron chi connectivity index (χ3n) is 2.93. The fourth-order valence-electron chi connectivity index (χ4n) is 1.86. The molecule has 1 aromatic rings. The lowest BCUT2D eigenvalue weighted by atomic mass is 10.1. The zero-order valence-corrected chi connectivity index (χ0v) is 11.9. The molecule has 0 aliphatic heterocycles. The lowest BCUT2D eigenvalue weighted by Crippen LogP contribution is -2.30. The second-order valence-corrected chi connectivity index (χ2v) is 4.97. The molecular weight excluding hydrogens is 238 g/mol. The Hall–Kier alpha value is -2.14. The van der Waals surface area contributed by atoms with Crippen LogP contribution in [0.4, 0.5) is 5.82 Å². The molecule has 0 N–H and O–H groups in total. The Morgan fingerprint density at radius 3 is 2.42 bits per heavy atom. The van der Waals surface area contributed by atoms with Gasteiger partial charge in [0.25, 0.3) is 0 Å². The summed E-state index contributed by atoms with van der Waals surface area (Å²) >= 11 is 0. The Kier molecular flexibility index (Phi) is 5.26. The van der Waals surface area contributed by atoms with E-state index in [4.69, 9.17) is 5.26 Å². The van der Waals surface area contributed by atoms with Crippen molar-refractivity contribution in [3.05, 3.63) is 16.8 Å². The third-order valence-corrected chi connectivity index (χ3v) is 2.93. The molecule has 19 heavy (non-hydrogen) atoms. The standard InChI is InChI=1S/C14H19N5/c1-10(2)9-19(7-5-6-15)14-13(8-16)11(3)12(4)17-18-14/h10H,5,7,9H2,1-4H3. The predicted octanol–water partition coefficient (Wildman–Crippen LogP) is 2.34. The van der Waals surface area contributed by atoms with Gasteiger partial charge in [-0.2, -0.15) is 15.6 Å². The number of hydrogen-bond acceptors (Lipinski definition) is 5. The van der Waals surface area contributed by atoms with Gasteiger partial charge in [-0.25, -0.2) is 0 Å². The van der Waals surface area contributed by atoms with Crippen LogP contribution >= 0.6 is 0 Å². The maximum atomic E-state index is 9.32. The van der Waals surface area contributed by atoms with E-state index in [1.807, 2.05) is 18.7 Å². The van der Waals surface area contributed by atoms with E-state index < -0.39 is 0 Å². The Morgan fingerprint density at radius 1 is 1.21 bits per heavy atom. The Labute approximate surface area is 114 Å². The molecule has 1 aromatic heterocycles. The van der Waals surface area contributed by atoms with Gasteiger partial charge in [0.15, 0.2) is 5.82 Å². The van der Waals surface area contributed by atoms with Crippen LogP contribution in [-0.2, 0) is 0 Å². The SMILES string of the molecule is Cc1nnc(N(CCC#N)CC(C)C)c(C#N)c1C. The summed E-state index contributed by atoms with van der Waals surface area (Å²) in [5, 5.41) is 26.3. The maximum Gasteiger partial charge on any atom is 0.169 e. The molecule has 5 nitrogen and oxygen atoms in total. The van der Waals surface area contributed by atoms with Crippen molar-refractivity contribution in [2.24, 2.45) is 5.92 Å². The van der Waals surface area contributed by atoms with Gasteiger partial charge in [-0.1, -0.05) is 13.8 Å². The highest BCUT2D eigenvalue weighted by atomic mass is 15.3. The number of aryl methyl sites for hydroxylation is 1. The highest BCUT2D eigenvalue weighted by molar-refractivity contribution is 5.57. The van der Waals surface area contributed by atoms with Gasteiger partial charge >= 0.3 is 0 Å². The van der Waals surface area contributed by atoms with E-state index in [0.29, 0.717) is 30.3 Å². The predicted molar refractivity (Wildman–Crippen MR) is 73.5 cm³/mol. The van der Waals surface area contributed by atoms with Crippen molar-refractivity contribution in [3.63, 3.8) is 0 Å². The number of aromatic nitrogens is 2. The van der Waals surface area contributed by atoms with Crippen LogP contribution in [0.2, 0.25) is 0 Å². The number of anilines is 1. The van der Waals surface area contributed by atoms with Crippen molar-refractivity contribution >= 4 is 5.82 Å². The van der Waals surface area contributed by atoms with Gasteiger partial charge < -0.3 is 4.90 Å². The summed E-state index contributed by atoms with van der Waals surface area (Å²) in [5.41, 5.74) is 2.19. The lowest BCUT2D eigenvalue weighted by Gasteiger charge is -2.25. The zero-order chi connectivity index (χ0) is 14.4. The van der Waals surface area contributed by atoms with Crippen molar-refractivity contribution in [1.82, 2.24) is 10.2 Å². The van der Waals surface area contributed by atoms with E-state index in [9.17, 15) is 5.26 Å². The van der Waals surface area contributed by atoms with Gasteiger partial charge in [0.1, 0.15) is 11.6 Å².